The fraction of sp³-hybridized carbons (Fsp3) is 0.370. The van der Waals surface area contributed by atoms with Gasteiger partial charge >= 0.3 is 5.97 Å². The molecule has 1 unspecified atom stereocenters. The van der Waals surface area contributed by atoms with Crippen molar-refractivity contribution in [2.24, 2.45) is 0 Å². The smallest absolute Gasteiger partial charge is 0.325 e. The molecule has 10 heteroatoms. The maximum Gasteiger partial charge on any atom is 0.325 e. The molecule has 0 aliphatic heterocycles. The summed E-state index contributed by atoms with van der Waals surface area (Å²) >= 11 is 7.40. The number of rotatable bonds is 12. The number of hydrogen-bond acceptors (Lipinski definition) is 7. The Morgan fingerprint density at radius 2 is 2.00 bits per heavy atom. The van der Waals surface area contributed by atoms with Gasteiger partial charge in [0.05, 0.1) is 12.9 Å². The number of fused-ring (bicyclic) bond motifs is 2. The Morgan fingerprint density at radius 3 is 2.76 bits per heavy atom. The van der Waals surface area contributed by atoms with Crippen LogP contribution in [0.25, 0.3) is 21.0 Å². The summed E-state index contributed by atoms with van der Waals surface area (Å²) in [5.41, 5.74) is 1.70. The van der Waals surface area contributed by atoms with Gasteiger partial charge < -0.3 is 19.4 Å². The first-order valence-corrected chi connectivity index (χ1v) is 15.0. The Kier molecular flexibility index (Phi) is 8.79. The number of aryl methyl sites for hydroxylation is 1. The molecule has 0 aliphatic rings. The average Bonchev–Trinajstić information content (AvgIpc) is 3.43. The number of methoxy groups -OCH3 is 1. The third-order valence-electron chi connectivity index (χ3n) is 6.30. The number of ether oxygens (including phenoxy) is 2. The van der Waals surface area contributed by atoms with E-state index in [1.54, 1.807) is 6.07 Å². The van der Waals surface area contributed by atoms with Gasteiger partial charge in [-0.05, 0) is 79.7 Å². The zero-order chi connectivity index (χ0) is 26.6. The first-order valence-electron chi connectivity index (χ1n) is 12.2. The molecular weight excluding hydrogens is 532 g/mol. The third-order valence-corrected chi connectivity index (χ3v) is 10.3. The second-order valence-electron chi connectivity index (χ2n) is 8.92. The van der Waals surface area contributed by atoms with Gasteiger partial charge in [0.25, 0.3) is 0 Å². The molecule has 0 saturated heterocycles. The summed E-state index contributed by atoms with van der Waals surface area (Å²) in [6.45, 7) is 5.24. The minimum atomic E-state index is -3.38. The maximum absolute atomic E-state index is 13.0. The number of halogens is 1. The number of carbonyl (C=O) groups is 1. The van der Waals surface area contributed by atoms with Crippen LogP contribution < -0.4 is 10.1 Å². The molecule has 2 heterocycles. The zero-order valence-electron chi connectivity index (χ0n) is 21.1. The molecule has 7 nitrogen and oxygen atoms in total. The largest absolute Gasteiger partial charge is 0.489 e. The molecule has 198 valence electrons. The summed E-state index contributed by atoms with van der Waals surface area (Å²) in [6, 6.07) is 13.2. The van der Waals surface area contributed by atoms with Gasteiger partial charge in [-0.1, -0.05) is 18.5 Å². The van der Waals surface area contributed by atoms with Crippen LogP contribution in [0.3, 0.4) is 0 Å². The Labute approximate surface area is 226 Å². The lowest BCUT2D eigenvalue weighted by Crippen LogP contribution is -2.32. The molecule has 37 heavy (non-hydrogen) atoms. The van der Waals surface area contributed by atoms with E-state index in [0.29, 0.717) is 28.7 Å². The Balaban J connectivity index is 1.28. The van der Waals surface area contributed by atoms with Crippen LogP contribution in [0.2, 0.25) is 5.02 Å². The van der Waals surface area contributed by atoms with Crippen molar-refractivity contribution in [1.82, 2.24) is 9.88 Å². The monoisotopic (exact) mass is 562 g/mol. The molecule has 0 amide bonds. The van der Waals surface area contributed by atoms with Gasteiger partial charge in [-0.25, -0.2) is 8.42 Å². The molecule has 2 aromatic heterocycles. The van der Waals surface area contributed by atoms with Crippen molar-refractivity contribution in [2.45, 2.75) is 43.5 Å². The minimum Gasteiger partial charge on any atom is -0.489 e. The quantitative estimate of drug-likeness (QED) is 0.179. The second kappa shape index (κ2) is 11.9. The number of aromatic nitrogens is 1. The van der Waals surface area contributed by atoms with Crippen LogP contribution in [0.1, 0.15) is 25.3 Å². The van der Waals surface area contributed by atoms with Gasteiger partial charge in [-0.2, -0.15) is 0 Å². The van der Waals surface area contributed by atoms with Crippen LogP contribution in [0.4, 0.5) is 0 Å². The number of esters is 1. The summed E-state index contributed by atoms with van der Waals surface area (Å²) in [5, 5.41) is 5.82. The van der Waals surface area contributed by atoms with E-state index in [4.69, 9.17) is 21.1 Å². The summed E-state index contributed by atoms with van der Waals surface area (Å²) in [5.74, 6) is 0.532. The molecule has 0 aliphatic carbocycles. The molecule has 1 N–H and O–H groups in total. The molecule has 0 fully saturated rings. The summed E-state index contributed by atoms with van der Waals surface area (Å²) in [6.07, 6.45) is 3.11. The first-order chi connectivity index (χ1) is 17.7. The highest BCUT2D eigenvalue weighted by atomic mass is 35.5. The molecule has 0 radical (unpaired) electrons. The standard InChI is InChI=1S/C27H31ClN2O5S2/c1-4-21(35-22-7-8-24-19(14-22)10-12-30(24)17-26(31)34-3)16-29-11-5-13-37(32,33)27-18(2)23-15-20(28)6-9-25(23)36-27/h6-10,12,14-15,21,29H,4-5,11,13,16-17H2,1-3H3. The highest BCUT2D eigenvalue weighted by Gasteiger charge is 2.21. The Morgan fingerprint density at radius 1 is 1.19 bits per heavy atom. The first kappa shape index (κ1) is 27.4. The highest BCUT2D eigenvalue weighted by molar-refractivity contribution is 7.93. The van der Waals surface area contributed by atoms with E-state index in [1.807, 2.05) is 54.1 Å². The number of nitrogens with zero attached hydrogens (tertiary/aromatic N) is 1. The lowest BCUT2D eigenvalue weighted by molar-refractivity contribution is -0.141. The van der Waals surface area contributed by atoms with Gasteiger partial charge in [0.15, 0.2) is 9.84 Å². The molecule has 1 atom stereocenters. The third kappa shape index (κ3) is 6.46. The normalized spacial score (nSPS) is 12.8. The van der Waals surface area contributed by atoms with Crippen LogP contribution >= 0.6 is 22.9 Å². The fourth-order valence-corrected chi connectivity index (χ4v) is 7.67. The second-order valence-corrected chi connectivity index (χ2v) is 12.7. The molecule has 0 spiro atoms. The summed E-state index contributed by atoms with van der Waals surface area (Å²) in [7, 11) is -2.00. The topological polar surface area (TPSA) is 86.6 Å². The van der Waals surface area contributed by atoms with E-state index < -0.39 is 9.84 Å². The zero-order valence-corrected chi connectivity index (χ0v) is 23.5. The van der Waals surface area contributed by atoms with Crippen LogP contribution in [0, 0.1) is 6.92 Å². The van der Waals surface area contributed by atoms with Gasteiger partial charge in [0, 0.05) is 33.4 Å². The van der Waals surface area contributed by atoms with E-state index in [1.165, 1.54) is 18.4 Å². The lowest BCUT2D eigenvalue weighted by atomic mass is 10.2. The van der Waals surface area contributed by atoms with Crippen LogP contribution in [-0.4, -0.2) is 51.0 Å². The van der Waals surface area contributed by atoms with Crippen molar-refractivity contribution < 1.29 is 22.7 Å². The number of thiophene rings is 1. The van der Waals surface area contributed by atoms with Crippen molar-refractivity contribution in [3.63, 3.8) is 0 Å². The van der Waals surface area contributed by atoms with E-state index in [0.717, 1.165) is 38.7 Å². The number of hydrogen-bond donors (Lipinski definition) is 1. The molecular formula is C27H31ClN2O5S2. The maximum atomic E-state index is 13.0. The number of benzene rings is 2. The van der Waals surface area contributed by atoms with Crippen molar-refractivity contribution >= 4 is 59.7 Å². The van der Waals surface area contributed by atoms with Crippen molar-refractivity contribution in [3.05, 3.63) is 59.2 Å². The molecule has 0 saturated carbocycles. The predicted molar refractivity (Wildman–Crippen MR) is 150 cm³/mol. The van der Waals surface area contributed by atoms with Gasteiger partial charge in [-0.3, -0.25) is 4.79 Å². The van der Waals surface area contributed by atoms with Crippen LogP contribution in [-0.2, 0) is 25.9 Å². The van der Waals surface area contributed by atoms with Gasteiger partial charge in [0.2, 0.25) is 0 Å². The fourth-order valence-electron chi connectivity index (χ4n) is 4.27. The molecule has 2 aromatic carbocycles. The van der Waals surface area contributed by atoms with Crippen molar-refractivity contribution in [3.8, 4) is 5.75 Å². The average molecular weight is 563 g/mol. The van der Waals surface area contributed by atoms with Gasteiger partial charge in [0.1, 0.15) is 22.6 Å². The number of sulfone groups is 1. The van der Waals surface area contributed by atoms with E-state index in [9.17, 15) is 13.2 Å². The summed E-state index contributed by atoms with van der Waals surface area (Å²) < 4.78 is 40.1. The molecule has 4 rings (SSSR count). The van der Waals surface area contributed by atoms with Crippen LogP contribution in [0.15, 0.2) is 52.9 Å². The van der Waals surface area contributed by atoms with Crippen molar-refractivity contribution in [2.75, 3.05) is 26.0 Å². The minimum absolute atomic E-state index is 0.0548. The van der Waals surface area contributed by atoms with E-state index in [2.05, 4.69) is 12.2 Å². The van der Waals surface area contributed by atoms with E-state index in [-0.39, 0.29) is 24.4 Å². The lowest BCUT2D eigenvalue weighted by Gasteiger charge is -2.18. The Hall–Kier alpha value is -2.59. The summed E-state index contributed by atoms with van der Waals surface area (Å²) in [4.78, 5) is 11.6. The predicted octanol–water partition coefficient (Wildman–Crippen LogP) is 5.60. The van der Waals surface area contributed by atoms with Crippen LogP contribution in [0.5, 0.6) is 5.75 Å². The SMILES string of the molecule is CCC(CNCCCS(=O)(=O)c1sc2ccc(Cl)cc2c1C)Oc1ccc2c(ccn2CC(=O)OC)c1. The van der Waals surface area contributed by atoms with Gasteiger partial charge in [-0.15, -0.1) is 11.3 Å². The molecule has 0 bridgehead atoms. The number of carbonyl (C=O) groups excluding carboxylic acids is 1. The van der Waals surface area contributed by atoms with Crippen molar-refractivity contribution in [1.29, 1.82) is 0 Å². The van der Waals surface area contributed by atoms with E-state index >= 15 is 0 Å². The Bertz CT molecular complexity index is 1510. The number of nitrogens with one attached hydrogen (secondary N) is 1. The highest BCUT2D eigenvalue weighted by Crippen LogP contribution is 2.36. The molecule has 4 aromatic rings.